The molecule has 2 amide bonds. The van der Waals surface area contributed by atoms with E-state index in [4.69, 9.17) is 9.84 Å². The fraction of sp³-hybridized carbons (Fsp3) is 0.882. The summed E-state index contributed by atoms with van der Waals surface area (Å²) < 4.78 is 5.55. The maximum atomic E-state index is 12.5. The predicted molar refractivity (Wildman–Crippen MR) is 88.9 cm³/mol. The van der Waals surface area contributed by atoms with E-state index in [1.54, 1.807) is 0 Å². The molecule has 2 heterocycles. The third kappa shape index (κ3) is 3.83. The van der Waals surface area contributed by atoms with Crippen LogP contribution in [-0.2, 0) is 9.53 Å². The molecule has 2 N–H and O–H groups in total. The number of hydrogen-bond donors (Lipinski definition) is 2. The molecule has 0 radical (unpaired) electrons. The quantitative estimate of drug-likeness (QED) is 0.785. The van der Waals surface area contributed by atoms with E-state index in [1.807, 2.05) is 16.7 Å². The van der Waals surface area contributed by atoms with Crippen LogP contribution in [0.25, 0.3) is 0 Å². The number of rotatable bonds is 5. The Kier molecular flexibility index (Phi) is 5.30. The van der Waals surface area contributed by atoms with Crippen LogP contribution in [0.5, 0.6) is 0 Å². The number of hydrogen-bond acceptors (Lipinski definition) is 4. The van der Waals surface area contributed by atoms with Crippen molar-refractivity contribution >= 4 is 12.0 Å². The number of ether oxygens (including phenoxy) is 1. The van der Waals surface area contributed by atoms with Gasteiger partial charge in [-0.05, 0) is 38.6 Å². The first kappa shape index (κ1) is 17.5. The number of urea groups is 1. The Morgan fingerprint density at radius 2 is 2.17 bits per heavy atom. The van der Waals surface area contributed by atoms with Crippen molar-refractivity contribution in [1.29, 1.82) is 0 Å². The van der Waals surface area contributed by atoms with Gasteiger partial charge in [0.05, 0.1) is 13.2 Å². The van der Waals surface area contributed by atoms with E-state index < -0.39 is 5.97 Å². The first-order chi connectivity index (χ1) is 11.5. The number of nitrogens with zero attached hydrogens (tertiary/aromatic N) is 2. The van der Waals surface area contributed by atoms with Crippen LogP contribution >= 0.6 is 0 Å². The minimum absolute atomic E-state index is 0.0331. The van der Waals surface area contributed by atoms with Gasteiger partial charge in [-0.15, -0.1) is 0 Å². The molecule has 1 spiro atoms. The molecule has 3 rings (SSSR count). The Morgan fingerprint density at radius 3 is 2.79 bits per heavy atom. The summed E-state index contributed by atoms with van der Waals surface area (Å²) in [6.07, 6.45) is 4.95. The number of carboxylic acids is 1. The third-order valence-electron chi connectivity index (χ3n) is 5.84. The van der Waals surface area contributed by atoms with E-state index in [1.165, 1.54) is 0 Å². The fourth-order valence-corrected chi connectivity index (χ4v) is 4.30. The number of carbonyl (C=O) groups excluding carboxylic acids is 1. The highest BCUT2D eigenvalue weighted by molar-refractivity contribution is 5.75. The second kappa shape index (κ2) is 7.27. The molecule has 7 nitrogen and oxygen atoms in total. The number of carbonyl (C=O) groups is 2. The third-order valence-corrected chi connectivity index (χ3v) is 5.84. The summed E-state index contributed by atoms with van der Waals surface area (Å²) in [5.74, 6) is -0.790. The van der Waals surface area contributed by atoms with Gasteiger partial charge in [-0.25, -0.2) is 4.79 Å². The molecule has 2 aliphatic heterocycles. The normalized spacial score (nSPS) is 32.8. The summed E-state index contributed by atoms with van der Waals surface area (Å²) in [7, 11) is 0. The molecule has 0 aromatic heterocycles. The minimum Gasteiger partial charge on any atom is -0.480 e. The number of carboxylic acid groups (broad SMARTS) is 1. The van der Waals surface area contributed by atoms with Crippen LogP contribution in [-0.4, -0.2) is 78.4 Å². The van der Waals surface area contributed by atoms with Crippen LogP contribution in [0.15, 0.2) is 0 Å². The van der Waals surface area contributed by atoms with E-state index in [9.17, 15) is 9.59 Å². The van der Waals surface area contributed by atoms with Gasteiger partial charge in [-0.3, -0.25) is 9.69 Å². The average molecular weight is 339 g/mol. The monoisotopic (exact) mass is 339 g/mol. The first-order valence-electron chi connectivity index (χ1n) is 9.10. The summed E-state index contributed by atoms with van der Waals surface area (Å²) in [4.78, 5) is 27.3. The lowest BCUT2D eigenvalue weighted by atomic mass is 9.79. The zero-order valence-corrected chi connectivity index (χ0v) is 14.5. The van der Waals surface area contributed by atoms with Gasteiger partial charge in [0.15, 0.2) is 0 Å². The lowest BCUT2D eigenvalue weighted by Crippen LogP contribution is -2.58. The smallest absolute Gasteiger partial charge is 0.317 e. The van der Waals surface area contributed by atoms with Crippen LogP contribution in [0.1, 0.15) is 39.0 Å². The van der Waals surface area contributed by atoms with Gasteiger partial charge < -0.3 is 20.1 Å². The van der Waals surface area contributed by atoms with Crippen LogP contribution < -0.4 is 5.32 Å². The summed E-state index contributed by atoms with van der Waals surface area (Å²) in [6.45, 7) is 6.01. The maximum absolute atomic E-state index is 12.5. The minimum atomic E-state index is -0.790. The molecule has 2 saturated heterocycles. The standard InChI is InChI=1S/C17H29N3O4/c1-2-19(10-15(21)22)14-8-13(9-14)18-16(23)20-6-3-4-17(11-20)5-7-24-12-17/h13-14H,2-12H2,1H3,(H,18,23)(H,21,22). The van der Waals surface area contributed by atoms with Gasteiger partial charge >= 0.3 is 12.0 Å². The van der Waals surface area contributed by atoms with Crippen LogP contribution in [0.3, 0.4) is 0 Å². The number of likely N-dealkylation sites (N-methyl/N-ethyl adjacent to an activating group) is 1. The Hall–Kier alpha value is -1.34. The van der Waals surface area contributed by atoms with Crippen molar-refractivity contribution in [2.45, 2.75) is 51.1 Å². The summed E-state index contributed by atoms with van der Waals surface area (Å²) in [6, 6.07) is 0.473. The summed E-state index contributed by atoms with van der Waals surface area (Å²) >= 11 is 0. The second-order valence-corrected chi connectivity index (χ2v) is 7.56. The van der Waals surface area contributed by atoms with Crippen LogP contribution in [0, 0.1) is 5.41 Å². The summed E-state index contributed by atoms with van der Waals surface area (Å²) in [5, 5.41) is 12.1. The Labute approximate surface area is 143 Å². The lowest BCUT2D eigenvalue weighted by Gasteiger charge is -2.44. The van der Waals surface area contributed by atoms with Crippen molar-refractivity contribution in [2.75, 3.05) is 39.4 Å². The number of amides is 2. The Balaban J connectivity index is 1.44. The molecule has 1 saturated carbocycles. The lowest BCUT2D eigenvalue weighted by molar-refractivity contribution is -0.139. The van der Waals surface area contributed by atoms with E-state index in [0.29, 0.717) is 0 Å². The molecule has 0 bridgehead atoms. The second-order valence-electron chi connectivity index (χ2n) is 7.56. The van der Waals surface area contributed by atoms with Crippen LogP contribution in [0.2, 0.25) is 0 Å². The predicted octanol–water partition coefficient (Wildman–Crippen LogP) is 1.14. The topological polar surface area (TPSA) is 82.1 Å². The number of nitrogens with one attached hydrogen (secondary N) is 1. The highest BCUT2D eigenvalue weighted by Gasteiger charge is 2.41. The average Bonchev–Trinajstić information content (AvgIpc) is 2.95. The van der Waals surface area contributed by atoms with Crippen molar-refractivity contribution in [1.82, 2.24) is 15.1 Å². The number of aliphatic carboxylic acids is 1. The summed E-state index contributed by atoms with van der Waals surface area (Å²) in [5.41, 5.74) is 0.179. The van der Waals surface area contributed by atoms with Gasteiger partial charge in [0.1, 0.15) is 0 Å². The van der Waals surface area contributed by atoms with E-state index >= 15 is 0 Å². The van der Waals surface area contributed by atoms with Gasteiger partial charge in [-0.1, -0.05) is 6.92 Å². The molecule has 136 valence electrons. The fourth-order valence-electron chi connectivity index (χ4n) is 4.30. The molecule has 7 heteroatoms. The van der Waals surface area contributed by atoms with Crippen molar-refractivity contribution in [2.24, 2.45) is 5.41 Å². The zero-order chi connectivity index (χ0) is 17.2. The molecule has 24 heavy (non-hydrogen) atoms. The van der Waals surface area contributed by atoms with Crippen molar-refractivity contribution in [3.63, 3.8) is 0 Å². The van der Waals surface area contributed by atoms with E-state index in [0.717, 1.165) is 65.0 Å². The van der Waals surface area contributed by atoms with Crippen molar-refractivity contribution in [3.05, 3.63) is 0 Å². The Bertz CT molecular complexity index is 472. The molecule has 0 aromatic carbocycles. The number of piperidine rings is 1. The van der Waals surface area contributed by atoms with E-state index in [-0.39, 0.29) is 30.1 Å². The molecule has 3 aliphatic rings. The molecular weight excluding hydrogens is 310 g/mol. The van der Waals surface area contributed by atoms with Gasteiger partial charge in [0, 0.05) is 37.2 Å². The van der Waals surface area contributed by atoms with Crippen molar-refractivity contribution < 1.29 is 19.4 Å². The maximum Gasteiger partial charge on any atom is 0.317 e. The SMILES string of the molecule is CCN(CC(=O)O)C1CC(NC(=O)N2CCCC3(CCOC3)C2)C1. The zero-order valence-electron chi connectivity index (χ0n) is 14.5. The van der Waals surface area contributed by atoms with Gasteiger partial charge in [0.2, 0.25) is 0 Å². The highest BCUT2D eigenvalue weighted by Crippen LogP contribution is 2.37. The van der Waals surface area contributed by atoms with Crippen molar-refractivity contribution in [3.8, 4) is 0 Å². The van der Waals surface area contributed by atoms with Gasteiger partial charge in [-0.2, -0.15) is 0 Å². The largest absolute Gasteiger partial charge is 0.480 e. The molecular formula is C17H29N3O4. The molecule has 3 fully saturated rings. The molecule has 1 unspecified atom stereocenters. The number of likely N-dealkylation sites (tertiary alicyclic amines) is 1. The molecule has 0 aromatic rings. The van der Waals surface area contributed by atoms with E-state index in [2.05, 4.69) is 5.32 Å². The van der Waals surface area contributed by atoms with Crippen LogP contribution in [0.4, 0.5) is 4.79 Å². The van der Waals surface area contributed by atoms with Gasteiger partial charge in [0.25, 0.3) is 0 Å². The molecule has 1 aliphatic carbocycles. The Morgan fingerprint density at radius 1 is 1.38 bits per heavy atom. The first-order valence-corrected chi connectivity index (χ1v) is 9.10. The highest BCUT2D eigenvalue weighted by atomic mass is 16.5. The molecule has 1 atom stereocenters.